The molecule has 1 saturated carbocycles. The standard InChI is InChI=1S/C22H24ClFN4O3/c1-31-22(30)27-18-11-9-17(10-12-18)25-21(26-19-4-2-3-15(23)13-19)28-20(29)14-5-7-16(24)8-6-14/h2-8,13,17-18H,9-12H2,1H3,(H,27,30)(H2,25,26,28,29). The second-order valence-electron chi connectivity index (χ2n) is 7.22. The molecule has 1 aliphatic carbocycles. The molecule has 0 bridgehead atoms. The van der Waals surface area contributed by atoms with Gasteiger partial charge < -0.3 is 15.4 Å². The molecule has 0 aromatic heterocycles. The lowest BCUT2D eigenvalue weighted by Crippen LogP contribution is -2.40. The van der Waals surface area contributed by atoms with E-state index < -0.39 is 17.8 Å². The van der Waals surface area contributed by atoms with E-state index >= 15 is 0 Å². The summed E-state index contributed by atoms with van der Waals surface area (Å²) >= 11 is 6.06. The van der Waals surface area contributed by atoms with Crippen molar-refractivity contribution in [3.05, 3.63) is 64.9 Å². The summed E-state index contributed by atoms with van der Waals surface area (Å²) in [5.74, 6) is -0.546. The van der Waals surface area contributed by atoms with Gasteiger partial charge in [-0.15, -0.1) is 0 Å². The fourth-order valence-electron chi connectivity index (χ4n) is 3.34. The number of hydrogen-bond donors (Lipinski definition) is 3. The summed E-state index contributed by atoms with van der Waals surface area (Å²) in [6, 6.07) is 12.3. The third-order valence-electron chi connectivity index (χ3n) is 4.94. The zero-order chi connectivity index (χ0) is 22.2. The number of halogens is 2. The third-order valence-corrected chi connectivity index (χ3v) is 5.18. The van der Waals surface area contributed by atoms with E-state index in [2.05, 4.69) is 25.7 Å². The molecule has 1 aliphatic rings. The molecule has 3 N–H and O–H groups in total. The largest absolute Gasteiger partial charge is 0.453 e. The lowest BCUT2D eigenvalue weighted by molar-refractivity contribution is 0.0976. The predicted molar refractivity (Wildman–Crippen MR) is 118 cm³/mol. The topological polar surface area (TPSA) is 91.8 Å². The molecular formula is C22H24ClFN4O3. The fourth-order valence-corrected chi connectivity index (χ4v) is 3.53. The van der Waals surface area contributed by atoms with Gasteiger partial charge in [-0.1, -0.05) is 17.7 Å². The molecule has 0 unspecified atom stereocenters. The molecule has 0 spiro atoms. The predicted octanol–water partition coefficient (Wildman–Crippen LogP) is 4.34. The highest BCUT2D eigenvalue weighted by molar-refractivity contribution is 6.31. The first kappa shape index (κ1) is 22.6. The number of alkyl carbamates (subject to hydrolysis) is 1. The Bertz CT molecular complexity index is 944. The number of carbonyl (C=O) groups is 2. The Morgan fingerprint density at radius 2 is 1.81 bits per heavy atom. The van der Waals surface area contributed by atoms with Crippen LogP contribution in [0.5, 0.6) is 0 Å². The number of aliphatic imine (C=N–C) groups is 1. The van der Waals surface area contributed by atoms with Crippen molar-refractivity contribution in [2.75, 3.05) is 12.4 Å². The number of methoxy groups -OCH3 is 1. The van der Waals surface area contributed by atoms with Gasteiger partial charge in [0.1, 0.15) is 5.82 Å². The monoisotopic (exact) mass is 446 g/mol. The van der Waals surface area contributed by atoms with Crippen molar-refractivity contribution in [2.45, 2.75) is 37.8 Å². The maximum absolute atomic E-state index is 13.2. The van der Waals surface area contributed by atoms with Crippen LogP contribution in [0.15, 0.2) is 53.5 Å². The van der Waals surface area contributed by atoms with Gasteiger partial charge in [0, 0.05) is 22.3 Å². The van der Waals surface area contributed by atoms with Gasteiger partial charge in [-0.2, -0.15) is 0 Å². The Morgan fingerprint density at radius 3 is 2.45 bits per heavy atom. The van der Waals surface area contributed by atoms with Crippen molar-refractivity contribution in [1.82, 2.24) is 10.6 Å². The molecule has 9 heteroatoms. The van der Waals surface area contributed by atoms with Gasteiger partial charge in [0.2, 0.25) is 5.96 Å². The zero-order valence-corrected chi connectivity index (χ0v) is 17.8. The summed E-state index contributed by atoms with van der Waals surface area (Å²) in [6.45, 7) is 0. The van der Waals surface area contributed by atoms with E-state index in [1.807, 2.05) is 6.07 Å². The molecule has 0 atom stereocenters. The van der Waals surface area contributed by atoms with Crippen LogP contribution >= 0.6 is 11.6 Å². The SMILES string of the molecule is COC(=O)NC1CCC(N=C(NC(=O)c2ccc(F)cc2)Nc2cccc(Cl)c2)CC1. The molecule has 7 nitrogen and oxygen atoms in total. The third kappa shape index (κ3) is 6.96. The quantitative estimate of drug-likeness (QED) is 0.481. The molecule has 2 amide bonds. The van der Waals surface area contributed by atoms with Crippen molar-refractivity contribution < 1.29 is 18.7 Å². The van der Waals surface area contributed by atoms with Crippen molar-refractivity contribution in [1.29, 1.82) is 0 Å². The molecule has 0 aliphatic heterocycles. The number of benzene rings is 2. The minimum atomic E-state index is -0.443. The van der Waals surface area contributed by atoms with Gasteiger partial charge in [-0.25, -0.2) is 14.2 Å². The van der Waals surface area contributed by atoms with Crippen molar-refractivity contribution in [2.24, 2.45) is 4.99 Å². The number of nitrogens with one attached hydrogen (secondary N) is 3. The van der Waals surface area contributed by atoms with E-state index in [1.54, 1.807) is 18.2 Å². The Morgan fingerprint density at radius 1 is 1.10 bits per heavy atom. The van der Waals surface area contributed by atoms with Crippen molar-refractivity contribution in [3.63, 3.8) is 0 Å². The molecule has 31 heavy (non-hydrogen) atoms. The number of hydrogen-bond acceptors (Lipinski definition) is 4. The highest BCUT2D eigenvalue weighted by atomic mass is 35.5. The van der Waals surface area contributed by atoms with E-state index in [-0.39, 0.29) is 18.0 Å². The zero-order valence-electron chi connectivity index (χ0n) is 17.0. The van der Waals surface area contributed by atoms with E-state index in [4.69, 9.17) is 11.6 Å². The van der Waals surface area contributed by atoms with Gasteiger partial charge in [-0.3, -0.25) is 10.1 Å². The Kier molecular flexibility index (Phi) is 7.83. The second-order valence-corrected chi connectivity index (χ2v) is 7.65. The summed E-state index contributed by atoms with van der Waals surface area (Å²) in [7, 11) is 1.34. The molecule has 164 valence electrons. The summed E-state index contributed by atoms with van der Waals surface area (Å²) in [5, 5.41) is 9.22. The van der Waals surface area contributed by atoms with Gasteiger partial charge in [0.25, 0.3) is 5.91 Å². The van der Waals surface area contributed by atoms with E-state index in [0.717, 1.165) is 25.7 Å². The number of amides is 2. The van der Waals surface area contributed by atoms with Crippen molar-refractivity contribution in [3.8, 4) is 0 Å². The Labute approximate surface area is 185 Å². The van der Waals surface area contributed by atoms with Crippen LogP contribution in [-0.2, 0) is 4.74 Å². The smallest absolute Gasteiger partial charge is 0.407 e. The first-order chi connectivity index (χ1) is 14.9. The van der Waals surface area contributed by atoms with Crippen LogP contribution in [0.4, 0.5) is 14.9 Å². The minimum Gasteiger partial charge on any atom is -0.453 e. The Balaban J connectivity index is 1.71. The summed E-state index contributed by atoms with van der Waals surface area (Å²) in [4.78, 5) is 28.7. The highest BCUT2D eigenvalue weighted by Crippen LogP contribution is 2.22. The van der Waals surface area contributed by atoms with Gasteiger partial charge in [-0.05, 0) is 68.1 Å². The molecule has 3 rings (SSSR count). The number of anilines is 1. The molecule has 2 aromatic rings. The van der Waals surface area contributed by atoms with Crippen LogP contribution in [0.2, 0.25) is 5.02 Å². The normalized spacial score (nSPS) is 18.7. The average molecular weight is 447 g/mol. The van der Waals surface area contributed by atoms with Gasteiger partial charge in [0.15, 0.2) is 0 Å². The van der Waals surface area contributed by atoms with E-state index in [0.29, 0.717) is 16.3 Å². The maximum atomic E-state index is 13.2. The molecule has 0 radical (unpaired) electrons. The molecule has 0 heterocycles. The lowest BCUT2D eigenvalue weighted by atomic mass is 9.92. The molecular weight excluding hydrogens is 423 g/mol. The number of guanidine groups is 1. The highest BCUT2D eigenvalue weighted by Gasteiger charge is 2.23. The summed E-state index contributed by atoms with van der Waals surface area (Å²) in [6.07, 6.45) is 2.53. The van der Waals surface area contributed by atoms with Crippen molar-refractivity contribution >= 4 is 35.2 Å². The van der Waals surface area contributed by atoms with Crippen LogP contribution in [0.3, 0.4) is 0 Å². The van der Waals surface area contributed by atoms with Crippen LogP contribution in [-0.4, -0.2) is 37.2 Å². The average Bonchev–Trinajstić information content (AvgIpc) is 2.75. The summed E-state index contributed by atoms with van der Waals surface area (Å²) < 4.78 is 17.8. The first-order valence-electron chi connectivity index (χ1n) is 9.94. The fraction of sp³-hybridized carbons (Fsp3) is 0.318. The van der Waals surface area contributed by atoms with Crippen LogP contribution in [0.1, 0.15) is 36.0 Å². The van der Waals surface area contributed by atoms with Gasteiger partial charge >= 0.3 is 6.09 Å². The number of carbonyl (C=O) groups excluding carboxylic acids is 2. The van der Waals surface area contributed by atoms with E-state index in [9.17, 15) is 14.0 Å². The molecule has 1 fully saturated rings. The number of nitrogens with zero attached hydrogens (tertiary/aromatic N) is 1. The lowest BCUT2D eigenvalue weighted by Gasteiger charge is -2.27. The summed E-state index contributed by atoms with van der Waals surface area (Å²) in [5.41, 5.74) is 0.986. The second kappa shape index (κ2) is 10.8. The number of rotatable bonds is 4. The first-order valence-corrected chi connectivity index (χ1v) is 10.3. The Hall–Kier alpha value is -3.13. The number of ether oxygens (including phenoxy) is 1. The van der Waals surface area contributed by atoms with Crippen LogP contribution in [0.25, 0.3) is 0 Å². The van der Waals surface area contributed by atoms with Gasteiger partial charge in [0.05, 0.1) is 13.2 Å². The maximum Gasteiger partial charge on any atom is 0.407 e. The van der Waals surface area contributed by atoms with Crippen LogP contribution in [0, 0.1) is 5.82 Å². The minimum absolute atomic E-state index is 0.0362. The van der Waals surface area contributed by atoms with E-state index in [1.165, 1.54) is 31.4 Å². The van der Waals surface area contributed by atoms with Crippen LogP contribution < -0.4 is 16.0 Å². The molecule has 2 aromatic carbocycles. The molecule has 0 saturated heterocycles.